The normalized spacial score (nSPS) is 35.2. The van der Waals surface area contributed by atoms with Crippen LogP contribution in [0.5, 0.6) is 5.75 Å². The Bertz CT molecular complexity index is 1080. The van der Waals surface area contributed by atoms with Crippen molar-refractivity contribution in [3.05, 3.63) is 39.5 Å². The fourth-order valence-electron chi connectivity index (χ4n) is 8.56. The van der Waals surface area contributed by atoms with Crippen LogP contribution in [0.25, 0.3) is 0 Å². The maximum absolute atomic E-state index is 14.1. The Balaban J connectivity index is 1.32. The lowest BCUT2D eigenvalue weighted by molar-refractivity contribution is -0.153. The molecule has 4 bridgehead atoms. The maximum Gasteiger partial charge on any atom is 0.247 e. The summed E-state index contributed by atoms with van der Waals surface area (Å²) in [4.78, 5) is 29.2. The highest BCUT2D eigenvalue weighted by molar-refractivity contribution is 14.1. The fraction of sp³-hybridized carbons (Fsp3) is 0.677. The second-order valence-electron chi connectivity index (χ2n) is 13.0. The number of aliphatic hydroxyl groups excluding tert-OH is 2. The molecule has 3 atom stereocenters. The molecule has 5 fully saturated rings. The average molecular weight is 649 g/mol. The molecule has 7 nitrogen and oxygen atoms in total. The summed E-state index contributed by atoms with van der Waals surface area (Å²) in [6.45, 7) is 0.684. The SMILES string of the molecule is O=C(NCCO)C1=CC(Oc2ccccc2I)C(O)C(N(CC23CC4CC(CC(C4)C2)C3)C(=O)C2CCC2)C1. The van der Waals surface area contributed by atoms with Crippen LogP contribution in [0.15, 0.2) is 35.9 Å². The van der Waals surface area contributed by atoms with E-state index in [1.54, 1.807) is 6.08 Å². The lowest BCUT2D eigenvalue weighted by Gasteiger charge is -2.59. The number of para-hydroxylation sites is 1. The molecule has 6 aliphatic carbocycles. The lowest BCUT2D eigenvalue weighted by atomic mass is 9.49. The molecule has 7 rings (SSSR count). The summed E-state index contributed by atoms with van der Waals surface area (Å²) in [5.41, 5.74) is 0.631. The number of nitrogens with zero attached hydrogens (tertiary/aromatic N) is 1. The van der Waals surface area contributed by atoms with E-state index in [1.807, 2.05) is 29.2 Å². The molecule has 3 unspecified atom stereocenters. The quantitative estimate of drug-likeness (QED) is 0.351. The highest BCUT2D eigenvalue weighted by Gasteiger charge is 2.53. The van der Waals surface area contributed by atoms with Crippen molar-refractivity contribution in [3.63, 3.8) is 0 Å². The predicted octanol–water partition coefficient (Wildman–Crippen LogP) is 4.05. The number of ether oxygens (including phenoxy) is 1. The van der Waals surface area contributed by atoms with Crippen molar-refractivity contribution in [3.8, 4) is 5.75 Å². The Morgan fingerprint density at radius 1 is 1.08 bits per heavy atom. The van der Waals surface area contributed by atoms with Crippen LogP contribution in [0.3, 0.4) is 0 Å². The van der Waals surface area contributed by atoms with Crippen LogP contribution in [0.4, 0.5) is 0 Å². The predicted molar refractivity (Wildman–Crippen MR) is 156 cm³/mol. The van der Waals surface area contributed by atoms with Crippen molar-refractivity contribution >= 4 is 34.4 Å². The summed E-state index contributed by atoms with van der Waals surface area (Å²) < 4.78 is 7.25. The number of nitrogens with one attached hydrogen (secondary N) is 1. The van der Waals surface area contributed by atoms with Gasteiger partial charge in [-0.3, -0.25) is 9.59 Å². The van der Waals surface area contributed by atoms with E-state index in [9.17, 15) is 19.8 Å². The van der Waals surface area contributed by atoms with Crippen LogP contribution in [-0.2, 0) is 9.59 Å². The van der Waals surface area contributed by atoms with E-state index in [0.29, 0.717) is 17.9 Å². The van der Waals surface area contributed by atoms with Crippen LogP contribution in [0.1, 0.15) is 64.2 Å². The largest absolute Gasteiger partial charge is 0.482 e. The molecule has 212 valence electrons. The first-order valence-electron chi connectivity index (χ1n) is 14.8. The molecule has 0 aliphatic heterocycles. The first-order chi connectivity index (χ1) is 18.8. The van der Waals surface area contributed by atoms with E-state index in [4.69, 9.17) is 4.74 Å². The van der Waals surface area contributed by atoms with Gasteiger partial charge in [-0.1, -0.05) is 18.6 Å². The number of aliphatic hydroxyl groups is 2. The maximum atomic E-state index is 14.1. The highest BCUT2D eigenvalue weighted by Crippen LogP contribution is 2.60. The number of halogens is 1. The monoisotopic (exact) mass is 648 g/mol. The van der Waals surface area contributed by atoms with Gasteiger partial charge >= 0.3 is 0 Å². The van der Waals surface area contributed by atoms with Gasteiger partial charge in [0.15, 0.2) is 0 Å². The van der Waals surface area contributed by atoms with Gasteiger partial charge < -0.3 is 25.2 Å². The second-order valence-corrected chi connectivity index (χ2v) is 14.1. The van der Waals surface area contributed by atoms with Crippen LogP contribution in [-0.4, -0.2) is 64.9 Å². The van der Waals surface area contributed by atoms with Gasteiger partial charge in [-0.25, -0.2) is 0 Å². The van der Waals surface area contributed by atoms with E-state index in [-0.39, 0.29) is 42.7 Å². The molecule has 0 heterocycles. The van der Waals surface area contributed by atoms with Crippen molar-refractivity contribution < 1.29 is 24.5 Å². The first kappa shape index (κ1) is 27.5. The molecule has 6 aliphatic rings. The first-order valence-corrected chi connectivity index (χ1v) is 15.9. The number of rotatable bonds is 9. The summed E-state index contributed by atoms with van der Waals surface area (Å²) >= 11 is 2.21. The van der Waals surface area contributed by atoms with Gasteiger partial charge in [0.05, 0.1) is 16.2 Å². The van der Waals surface area contributed by atoms with Gasteiger partial charge in [-0.15, -0.1) is 0 Å². The van der Waals surface area contributed by atoms with Crippen molar-refractivity contribution in [2.75, 3.05) is 19.7 Å². The van der Waals surface area contributed by atoms with Crippen LogP contribution in [0.2, 0.25) is 0 Å². The molecule has 39 heavy (non-hydrogen) atoms. The molecule has 1 aromatic rings. The van der Waals surface area contributed by atoms with Crippen molar-refractivity contribution in [1.29, 1.82) is 0 Å². The van der Waals surface area contributed by atoms with Crippen molar-refractivity contribution in [2.45, 2.75) is 82.5 Å². The van der Waals surface area contributed by atoms with Gasteiger partial charge in [0.2, 0.25) is 11.8 Å². The third-order valence-corrected chi connectivity index (χ3v) is 11.0. The summed E-state index contributed by atoms with van der Waals surface area (Å²) in [6.07, 6.45) is 10.7. The Morgan fingerprint density at radius 2 is 1.74 bits per heavy atom. The van der Waals surface area contributed by atoms with Crippen LogP contribution >= 0.6 is 22.6 Å². The minimum absolute atomic E-state index is 0.0122. The molecule has 0 spiro atoms. The van der Waals surface area contributed by atoms with Crippen LogP contribution in [0, 0.1) is 32.7 Å². The molecular formula is C31H41IN2O5. The fourth-order valence-corrected chi connectivity index (χ4v) is 9.07. The molecule has 0 aromatic heterocycles. The minimum Gasteiger partial charge on any atom is -0.482 e. The smallest absolute Gasteiger partial charge is 0.247 e. The molecule has 8 heteroatoms. The minimum atomic E-state index is -0.951. The Kier molecular flexibility index (Phi) is 7.99. The molecule has 2 amide bonds. The second kappa shape index (κ2) is 11.3. The Hall–Kier alpha value is -1.65. The lowest BCUT2D eigenvalue weighted by Crippen LogP contribution is -2.60. The van der Waals surface area contributed by atoms with Gasteiger partial charge in [-0.2, -0.15) is 0 Å². The van der Waals surface area contributed by atoms with E-state index in [0.717, 1.165) is 40.6 Å². The third kappa shape index (κ3) is 5.62. The number of hydrogen-bond donors (Lipinski definition) is 3. The molecule has 1 aromatic carbocycles. The van der Waals surface area contributed by atoms with Gasteiger partial charge in [0.25, 0.3) is 0 Å². The van der Waals surface area contributed by atoms with Gasteiger partial charge in [-0.05, 0) is 115 Å². The van der Waals surface area contributed by atoms with E-state index in [1.165, 1.54) is 38.5 Å². The Labute approximate surface area is 244 Å². The van der Waals surface area contributed by atoms with Crippen LogP contribution < -0.4 is 10.1 Å². The summed E-state index contributed by atoms with van der Waals surface area (Å²) in [6, 6.07) is 7.10. The Morgan fingerprint density at radius 3 is 2.33 bits per heavy atom. The molecule has 0 saturated heterocycles. The molecule has 0 radical (unpaired) electrons. The van der Waals surface area contributed by atoms with Gasteiger partial charge in [0.1, 0.15) is 18.0 Å². The number of hydrogen-bond acceptors (Lipinski definition) is 5. The summed E-state index contributed by atoms with van der Waals surface area (Å²) in [5, 5.41) is 23.9. The molecule has 5 saturated carbocycles. The number of benzene rings is 1. The van der Waals surface area contributed by atoms with E-state index >= 15 is 0 Å². The van der Waals surface area contributed by atoms with Gasteiger partial charge in [0, 0.05) is 31.0 Å². The van der Waals surface area contributed by atoms with E-state index < -0.39 is 18.2 Å². The topological polar surface area (TPSA) is 99.1 Å². The zero-order chi connectivity index (χ0) is 27.1. The number of carbonyl (C=O) groups excluding carboxylic acids is 2. The number of carbonyl (C=O) groups is 2. The zero-order valence-electron chi connectivity index (χ0n) is 22.6. The highest BCUT2D eigenvalue weighted by atomic mass is 127. The standard InChI is InChI=1S/C31H41IN2O5/c32-24-6-1-2-7-26(24)39-27-14-23(29(37)33-8-9-35)13-25(28(27)36)34(30(38)22-4-3-5-22)18-31-15-19-10-20(16-31)12-21(11-19)17-31/h1-2,6-7,14,19-22,25,27-28,35-36H,3-5,8-13,15-18H2,(H,33,37). The molecule has 3 N–H and O–H groups in total. The van der Waals surface area contributed by atoms with E-state index in [2.05, 4.69) is 27.9 Å². The number of amides is 2. The molecular weight excluding hydrogens is 607 g/mol. The van der Waals surface area contributed by atoms with Crippen molar-refractivity contribution in [2.24, 2.45) is 29.1 Å². The van der Waals surface area contributed by atoms with Crippen molar-refractivity contribution in [1.82, 2.24) is 10.2 Å². The third-order valence-electron chi connectivity index (χ3n) is 10.1. The average Bonchev–Trinajstić information content (AvgIpc) is 2.86. The summed E-state index contributed by atoms with van der Waals surface area (Å²) in [7, 11) is 0. The zero-order valence-corrected chi connectivity index (χ0v) is 24.7. The summed E-state index contributed by atoms with van der Waals surface area (Å²) in [5.74, 6) is 2.83.